The molecule has 2 heterocycles. The number of rotatable bonds is 5. The van der Waals surface area contributed by atoms with Crippen LogP contribution < -0.4 is 0 Å². The van der Waals surface area contributed by atoms with Gasteiger partial charge in [0.1, 0.15) is 0 Å². The highest BCUT2D eigenvalue weighted by atomic mass is 35.5. The van der Waals surface area contributed by atoms with Gasteiger partial charge in [-0.15, -0.1) is 0 Å². The number of carbonyl (C=O) groups excluding carboxylic acids is 1. The summed E-state index contributed by atoms with van der Waals surface area (Å²) in [5.74, 6) is 0.175. The van der Waals surface area contributed by atoms with E-state index in [9.17, 15) is 13.2 Å². The first-order valence-electron chi connectivity index (χ1n) is 10.7. The van der Waals surface area contributed by atoms with Crippen LogP contribution in [-0.2, 0) is 21.4 Å². The van der Waals surface area contributed by atoms with Crippen LogP contribution in [-0.4, -0.2) is 67.7 Å². The SMILES string of the molecule is O=C(C1CCN(Cc2ccccc2Cl)CC1)N1CCN(S(=O)(=O)c2ccccc2)CC1. The predicted molar refractivity (Wildman–Crippen MR) is 121 cm³/mol. The third-order valence-electron chi connectivity index (χ3n) is 6.22. The summed E-state index contributed by atoms with van der Waals surface area (Å²) in [7, 11) is -3.50. The second-order valence-electron chi connectivity index (χ2n) is 8.18. The average molecular weight is 462 g/mol. The van der Waals surface area contributed by atoms with Gasteiger partial charge in [0, 0.05) is 43.7 Å². The lowest BCUT2D eigenvalue weighted by Crippen LogP contribution is -2.52. The Balaban J connectivity index is 1.27. The molecule has 0 bridgehead atoms. The Morgan fingerprint density at radius 1 is 0.871 bits per heavy atom. The fraction of sp³-hybridized carbons (Fsp3) is 0.435. The topological polar surface area (TPSA) is 60.9 Å². The Labute approximate surface area is 189 Å². The van der Waals surface area contributed by atoms with Crippen LogP contribution in [0.4, 0.5) is 0 Å². The number of carbonyl (C=O) groups is 1. The first kappa shape index (κ1) is 22.3. The first-order valence-corrected chi connectivity index (χ1v) is 12.6. The van der Waals surface area contributed by atoms with Crippen molar-refractivity contribution in [2.75, 3.05) is 39.3 Å². The van der Waals surface area contributed by atoms with Crippen molar-refractivity contribution in [1.29, 1.82) is 0 Å². The zero-order valence-corrected chi connectivity index (χ0v) is 19.1. The van der Waals surface area contributed by atoms with E-state index in [4.69, 9.17) is 11.6 Å². The normalized spacial score (nSPS) is 19.5. The Morgan fingerprint density at radius 2 is 1.48 bits per heavy atom. The maximum absolute atomic E-state index is 13.0. The molecule has 0 aliphatic carbocycles. The molecular weight excluding hydrogens is 434 g/mol. The fourth-order valence-corrected chi connectivity index (χ4v) is 5.99. The van der Waals surface area contributed by atoms with E-state index in [0.717, 1.165) is 43.1 Å². The third-order valence-corrected chi connectivity index (χ3v) is 8.50. The Hall–Kier alpha value is -1.93. The number of nitrogens with zero attached hydrogens (tertiary/aromatic N) is 3. The van der Waals surface area contributed by atoms with Gasteiger partial charge in [0.05, 0.1) is 4.90 Å². The van der Waals surface area contributed by atoms with Crippen molar-refractivity contribution in [2.45, 2.75) is 24.3 Å². The average Bonchev–Trinajstić information content (AvgIpc) is 2.81. The molecule has 2 saturated heterocycles. The lowest BCUT2D eigenvalue weighted by Gasteiger charge is -2.38. The molecular formula is C23H28ClN3O3S. The number of sulfonamides is 1. The van der Waals surface area contributed by atoms with Gasteiger partial charge in [-0.1, -0.05) is 48.0 Å². The zero-order chi connectivity index (χ0) is 21.8. The molecule has 2 aromatic rings. The highest BCUT2D eigenvalue weighted by molar-refractivity contribution is 7.89. The third kappa shape index (κ3) is 5.12. The molecule has 0 aromatic heterocycles. The van der Waals surface area contributed by atoms with Crippen molar-refractivity contribution in [2.24, 2.45) is 5.92 Å². The van der Waals surface area contributed by atoms with Gasteiger partial charge in [-0.25, -0.2) is 8.42 Å². The molecule has 4 rings (SSSR count). The van der Waals surface area contributed by atoms with Crippen LogP contribution in [0.1, 0.15) is 18.4 Å². The molecule has 31 heavy (non-hydrogen) atoms. The van der Waals surface area contributed by atoms with Crippen LogP contribution >= 0.6 is 11.6 Å². The van der Waals surface area contributed by atoms with Gasteiger partial charge >= 0.3 is 0 Å². The number of hydrogen-bond acceptors (Lipinski definition) is 4. The monoisotopic (exact) mass is 461 g/mol. The van der Waals surface area contributed by atoms with Gasteiger partial charge in [0.25, 0.3) is 0 Å². The first-order chi connectivity index (χ1) is 14.9. The van der Waals surface area contributed by atoms with Crippen molar-refractivity contribution >= 4 is 27.5 Å². The quantitative estimate of drug-likeness (QED) is 0.686. The lowest BCUT2D eigenvalue weighted by molar-refractivity contribution is -0.138. The van der Waals surface area contributed by atoms with Crippen LogP contribution in [0.3, 0.4) is 0 Å². The molecule has 0 N–H and O–H groups in total. The number of halogens is 1. The van der Waals surface area contributed by atoms with Crippen molar-refractivity contribution in [3.05, 3.63) is 65.2 Å². The summed E-state index contributed by atoms with van der Waals surface area (Å²) in [4.78, 5) is 17.5. The van der Waals surface area contributed by atoms with Gasteiger partial charge in [0.15, 0.2) is 0 Å². The van der Waals surface area contributed by atoms with Gasteiger partial charge in [0.2, 0.25) is 15.9 Å². The maximum atomic E-state index is 13.0. The molecule has 2 aromatic carbocycles. The Kier molecular flexibility index (Phi) is 6.96. The number of benzene rings is 2. The Morgan fingerprint density at radius 3 is 2.13 bits per heavy atom. The number of likely N-dealkylation sites (tertiary alicyclic amines) is 1. The van der Waals surface area contributed by atoms with Crippen molar-refractivity contribution in [3.8, 4) is 0 Å². The minimum Gasteiger partial charge on any atom is -0.340 e. The Bertz CT molecular complexity index is 1000. The second kappa shape index (κ2) is 9.69. The van der Waals surface area contributed by atoms with Gasteiger partial charge in [-0.3, -0.25) is 9.69 Å². The number of piperidine rings is 1. The molecule has 1 amide bonds. The molecule has 8 heteroatoms. The van der Waals surface area contributed by atoms with Crippen molar-refractivity contribution in [3.63, 3.8) is 0 Å². The summed E-state index contributed by atoms with van der Waals surface area (Å²) in [5.41, 5.74) is 1.12. The molecule has 0 atom stereocenters. The number of hydrogen-bond donors (Lipinski definition) is 0. The molecule has 6 nitrogen and oxygen atoms in total. The summed E-state index contributed by atoms with van der Waals surface area (Å²) in [6.45, 7) is 4.11. The van der Waals surface area contributed by atoms with E-state index in [2.05, 4.69) is 4.90 Å². The van der Waals surface area contributed by atoms with Crippen molar-refractivity contribution in [1.82, 2.24) is 14.1 Å². The molecule has 0 spiro atoms. The standard InChI is InChI=1S/C23H28ClN3O3S/c24-22-9-5-4-6-20(22)18-25-12-10-19(11-13-25)23(28)26-14-16-27(17-15-26)31(29,30)21-7-2-1-3-8-21/h1-9,19H,10-18H2. The summed E-state index contributed by atoms with van der Waals surface area (Å²) < 4.78 is 27.1. The van der Waals surface area contributed by atoms with E-state index in [-0.39, 0.29) is 11.8 Å². The highest BCUT2D eigenvalue weighted by Gasteiger charge is 2.33. The van der Waals surface area contributed by atoms with Crippen LogP contribution in [0, 0.1) is 5.92 Å². The molecule has 0 radical (unpaired) electrons. The van der Waals surface area contributed by atoms with E-state index in [1.165, 1.54) is 4.31 Å². The van der Waals surface area contributed by atoms with E-state index in [0.29, 0.717) is 31.1 Å². The largest absolute Gasteiger partial charge is 0.340 e. The van der Waals surface area contributed by atoms with Gasteiger partial charge in [-0.2, -0.15) is 4.31 Å². The highest BCUT2D eigenvalue weighted by Crippen LogP contribution is 2.25. The molecule has 0 saturated carbocycles. The zero-order valence-electron chi connectivity index (χ0n) is 17.5. The van der Waals surface area contributed by atoms with E-state index in [1.54, 1.807) is 30.3 Å². The molecule has 2 aliphatic heterocycles. The number of amides is 1. The molecule has 2 fully saturated rings. The molecule has 166 valence electrons. The fourth-order valence-electron chi connectivity index (χ4n) is 4.35. The lowest BCUT2D eigenvalue weighted by atomic mass is 9.94. The van der Waals surface area contributed by atoms with E-state index >= 15 is 0 Å². The smallest absolute Gasteiger partial charge is 0.243 e. The van der Waals surface area contributed by atoms with Crippen LogP contribution in [0.15, 0.2) is 59.5 Å². The van der Waals surface area contributed by atoms with Crippen molar-refractivity contribution < 1.29 is 13.2 Å². The summed E-state index contributed by atoms with van der Waals surface area (Å²) in [6.07, 6.45) is 1.65. The summed E-state index contributed by atoms with van der Waals surface area (Å²) >= 11 is 6.27. The van der Waals surface area contributed by atoms with Crippen LogP contribution in [0.5, 0.6) is 0 Å². The van der Waals surface area contributed by atoms with Crippen LogP contribution in [0.25, 0.3) is 0 Å². The summed E-state index contributed by atoms with van der Waals surface area (Å²) in [5, 5.41) is 0.782. The van der Waals surface area contributed by atoms with E-state index < -0.39 is 10.0 Å². The minimum absolute atomic E-state index is 0.0137. The second-order valence-corrected chi connectivity index (χ2v) is 10.5. The van der Waals surface area contributed by atoms with Crippen LogP contribution in [0.2, 0.25) is 5.02 Å². The van der Waals surface area contributed by atoms with E-state index in [1.807, 2.05) is 29.2 Å². The number of piperazine rings is 1. The summed E-state index contributed by atoms with van der Waals surface area (Å²) in [6, 6.07) is 16.4. The maximum Gasteiger partial charge on any atom is 0.243 e. The predicted octanol–water partition coefficient (Wildman–Crippen LogP) is 3.09. The minimum atomic E-state index is -3.50. The molecule has 0 unspecified atom stereocenters. The van der Waals surface area contributed by atoms with Gasteiger partial charge in [-0.05, 0) is 49.7 Å². The van der Waals surface area contributed by atoms with Gasteiger partial charge < -0.3 is 4.90 Å². The molecule has 2 aliphatic rings.